The average Bonchev–Trinajstić information content (AvgIpc) is 2.62. The van der Waals surface area contributed by atoms with Crippen LogP contribution in [0.1, 0.15) is 40.5 Å². The van der Waals surface area contributed by atoms with Gasteiger partial charge in [-0.25, -0.2) is 0 Å². The number of nitrogens with zero attached hydrogens (tertiary/aromatic N) is 3. The maximum atomic E-state index is 5.51. The zero-order valence-electron chi connectivity index (χ0n) is 17.9. The molecule has 6 nitrogen and oxygen atoms in total. The fourth-order valence-electron chi connectivity index (χ4n) is 4.01. The lowest BCUT2D eigenvalue weighted by molar-refractivity contribution is 0.00867. The van der Waals surface area contributed by atoms with Crippen molar-refractivity contribution in [1.29, 1.82) is 0 Å². The van der Waals surface area contributed by atoms with Crippen molar-refractivity contribution in [2.24, 2.45) is 16.8 Å². The fraction of sp³-hybridized carbons (Fsp3) is 0.950. The highest BCUT2D eigenvalue weighted by Gasteiger charge is 2.23. The first-order chi connectivity index (χ1) is 12.6. The Labute approximate surface area is 183 Å². The van der Waals surface area contributed by atoms with E-state index in [4.69, 9.17) is 9.73 Å². The van der Waals surface area contributed by atoms with E-state index in [1.807, 2.05) is 0 Å². The molecule has 0 aromatic rings. The van der Waals surface area contributed by atoms with Crippen LogP contribution in [0.5, 0.6) is 0 Å². The molecule has 0 aliphatic carbocycles. The van der Waals surface area contributed by atoms with Crippen molar-refractivity contribution >= 4 is 29.9 Å². The van der Waals surface area contributed by atoms with E-state index in [1.165, 1.54) is 25.9 Å². The van der Waals surface area contributed by atoms with Gasteiger partial charge in [-0.2, -0.15) is 0 Å². The maximum absolute atomic E-state index is 5.51. The first-order valence-electron chi connectivity index (χ1n) is 10.7. The van der Waals surface area contributed by atoms with Gasteiger partial charge in [0.25, 0.3) is 0 Å². The Kier molecular flexibility index (Phi) is 12.9. The van der Waals surface area contributed by atoms with E-state index in [9.17, 15) is 0 Å². The molecule has 2 heterocycles. The predicted octanol–water partition coefficient (Wildman–Crippen LogP) is 2.25. The van der Waals surface area contributed by atoms with Gasteiger partial charge >= 0.3 is 0 Å². The van der Waals surface area contributed by atoms with Crippen molar-refractivity contribution < 1.29 is 4.74 Å². The Hall–Kier alpha value is -0.120. The lowest BCUT2D eigenvalue weighted by Gasteiger charge is -2.36. The minimum atomic E-state index is 0. The van der Waals surface area contributed by atoms with E-state index in [-0.39, 0.29) is 24.0 Å². The van der Waals surface area contributed by atoms with Crippen LogP contribution in [0.15, 0.2) is 4.99 Å². The molecule has 2 aliphatic heterocycles. The Balaban J connectivity index is 0.00000364. The molecule has 0 aromatic carbocycles. The standard InChI is InChI=1S/C20H41N5O.HI/c1-5-21-20(22-8-10-24-9-6-7-18(4)16-24)23-15-19(17(2)3)25-11-13-26-14-12-25;/h17-19H,5-16H2,1-4H3,(H2,21,22,23);1H. The number of morpholine rings is 1. The van der Waals surface area contributed by atoms with Crippen molar-refractivity contribution in [3.05, 3.63) is 0 Å². The van der Waals surface area contributed by atoms with E-state index >= 15 is 0 Å². The molecule has 27 heavy (non-hydrogen) atoms. The first kappa shape index (κ1) is 24.9. The van der Waals surface area contributed by atoms with Gasteiger partial charge in [0.15, 0.2) is 5.96 Å². The molecule has 2 fully saturated rings. The van der Waals surface area contributed by atoms with E-state index in [0.29, 0.717) is 12.0 Å². The van der Waals surface area contributed by atoms with Crippen LogP contribution < -0.4 is 10.6 Å². The zero-order valence-corrected chi connectivity index (χ0v) is 20.2. The van der Waals surface area contributed by atoms with Crippen LogP contribution in [-0.4, -0.2) is 87.4 Å². The summed E-state index contributed by atoms with van der Waals surface area (Å²) in [6.45, 7) is 19.1. The van der Waals surface area contributed by atoms with Gasteiger partial charge in [0, 0.05) is 45.3 Å². The lowest BCUT2D eigenvalue weighted by Crippen LogP contribution is -2.48. The molecule has 2 atom stereocenters. The highest BCUT2D eigenvalue weighted by atomic mass is 127. The number of likely N-dealkylation sites (tertiary alicyclic amines) is 1. The molecule has 2 unspecified atom stereocenters. The Morgan fingerprint density at radius 3 is 2.56 bits per heavy atom. The van der Waals surface area contributed by atoms with Crippen molar-refractivity contribution in [3.8, 4) is 0 Å². The molecule has 0 bridgehead atoms. The zero-order chi connectivity index (χ0) is 18.8. The normalized spacial score (nSPS) is 23.7. The number of hydrogen-bond acceptors (Lipinski definition) is 4. The van der Waals surface area contributed by atoms with Gasteiger partial charge in [0.1, 0.15) is 0 Å². The number of guanidine groups is 1. The number of ether oxygens (including phenoxy) is 1. The summed E-state index contributed by atoms with van der Waals surface area (Å²) in [5.74, 6) is 2.39. The SMILES string of the molecule is CCNC(=NCC(C(C)C)N1CCOCC1)NCCN1CCCC(C)C1.I. The van der Waals surface area contributed by atoms with Gasteiger partial charge in [-0.3, -0.25) is 9.89 Å². The summed E-state index contributed by atoms with van der Waals surface area (Å²) < 4.78 is 5.51. The molecule has 2 N–H and O–H groups in total. The first-order valence-corrected chi connectivity index (χ1v) is 10.7. The minimum absolute atomic E-state index is 0. The largest absolute Gasteiger partial charge is 0.379 e. The summed E-state index contributed by atoms with van der Waals surface area (Å²) in [6.07, 6.45) is 2.72. The summed E-state index contributed by atoms with van der Waals surface area (Å²) in [4.78, 5) is 10.0. The van der Waals surface area contributed by atoms with Gasteiger partial charge in [0.05, 0.1) is 19.8 Å². The lowest BCUT2D eigenvalue weighted by atomic mass is 10.0. The monoisotopic (exact) mass is 495 g/mol. The fourth-order valence-corrected chi connectivity index (χ4v) is 4.01. The Morgan fingerprint density at radius 2 is 1.93 bits per heavy atom. The number of hydrogen-bond donors (Lipinski definition) is 2. The second-order valence-electron chi connectivity index (χ2n) is 8.15. The van der Waals surface area contributed by atoms with Crippen LogP contribution in [0.3, 0.4) is 0 Å². The van der Waals surface area contributed by atoms with Gasteiger partial charge in [-0.1, -0.05) is 20.8 Å². The average molecular weight is 495 g/mol. The number of rotatable bonds is 8. The predicted molar refractivity (Wildman–Crippen MR) is 125 cm³/mol. The third-order valence-corrected chi connectivity index (χ3v) is 5.53. The van der Waals surface area contributed by atoms with Crippen LogP contribution in [0.2, 0.25) is 0 Å². The highest BCUT2D eigenvalue weighted by Crippen LogP contribution is 2.15. The summed E-state index contributed by atoms with van der Waals surface area (Å²) in [7, 11) is 0. The molecule has 7 heteroatoms. The second-order valence-corrected chi connectivity index (χ2v) is 8.15. The smallest absolute Gasteiger partial charge is 0.191 e. The van der Waals surface area contributed by atoms with Crippen molar-refractivity contribution in [2.75, 3.05) is 65.6 Å². The topological polar surface area (TPSA) is 52.1 Å². The van der Waals surface area contributed by atoms with Crippen molar-refractivity contribution in [3.63, 3.8) is 0 Å². The van der Waals surface area contributed by atoms with Crippen LogP contribution >= 0.6 is 24.0 Å². The molecule has 0 amide bonds. The van der Waals surface area contributed by atoms with Crippen molar-refractivity contribution in [2.45, 2.75) is 46.6 Å². The van der Waals surface area contributed by atoms with E-state index in [0.717, 1.165) is 64.4 Å². The molecular weight excluding hydrogens is 453 g/mol. The van der Waals surface area contributed by atoms with Gasteiger partial charge in [-0.15, -0.1) is 24.0 Å². The molecule has 0 saturated carbocycles. The van der Waals surface area contributed by atoms with Gasteiger partial charge < -0.3 is 20.3 Å². The van der Waals surface area contributed by atoms with E-state index in [1.54, 1.807) is 0 Å². The number of nitrogens with one attached hydrogen (secondary N) is 2. The highest BCUT2D eigenvalue weighted by molar-refractivity contribution is 14.0. The quantitative estimate of drug-likeness (QED) is 0.308. The van der Waals surface area contributed by atoms with Crippen LogP contribution in [0.4, 0.5) is 0 Å². The Morgan fingerprint density at radius 1 is 1.19 bits per heavy atom. The summed E-state index contributed by atoms with van der Waals surface area (Å²) in [5, 5.41) is 6.94. The molecule has 2 saturated heterocycles. The third-order valence-electron chi connectivity index (χ3n) is 5.53. The molecule has 2 rings (SSSR count). The molecule has 0 spiro atoms. The van der Waals surface area contributed by atoms with Crippen LogP contribution in [0, 0.1) is 11.8 Å². The molecule has 0 radical (unpaired) electrons. The van der Waals surface area contributed by atoms with Gasteiger partial charge in [-0.05, 0) is 38.1 Å². The Bertz CT molecular complexity index is 415. The van der Waals surface area contributed by atoms with E-state index in [2.05, 4.69) is 48.1 Å². The number of aliphatic imine (C=N–C) groups is 1. The molecular formula is C20H42IN5O. The summed E-state index contributed by atoms with van der Waals surface area (Å²) in [6, 6.07) is 0.484. The van der Waals surface area contributed by atoms with E-state index < -0.39 is 0 Å². The van der Waals surface area contributed by atoms with Crippen LogP contribution in [-0.2, 0) is 4.74 Å². The number of halogens is 1. The molecule has 0 aromatic heterocycles. The number of piperidine rings is 1. The second kappa shape index (κ2) is 14.0. The van der Waals surface area contributed by atoms with Crippen molar-refractivity contribution in [1.82, 2.24) is 20.4 Å². The summed E-state index contributed by atoms with van der Waals surface area (Å²) >= 11 is 0. The third kappa shape index (κ3) is 9.28. The van der Waals surface area contributed by atoms with Gasteiger partial charge in [0.2, 0.25) is 0 Å². The minimum Gasteiger partial charge on any atom is -0.379 e. The maximum Gasteiger partial charge on any atom is 0.191 e. The summed E-state index contributed by atoms with van der Waals surface area (Å²) in [5.41, 5.74) is 0. The molecule has 2 aliphatic rings. The molecule has 160 valence electrons. The van der Waals surface area contributed by atoms with Crippen LogP contribution in [0.25, 0.3) is 0 Å².